The number of aryl methyl sites for hydroxylation is 3. The molecule has 3 rings (SSSR count). The van der Waals surface area contributed by atoms with Crippen molar-refractivity contribution in [1.29, 1.82) is 0 Å². The average Bonchev–Trinajstić information content (AvgIpc) is 3.23. The third kappa shape index (κ3) is 3.71. The normalized spacial score (nSPS) is 16.8. The van der Waals surface area contributed by atoms with Crippen LogP contribution in [-0.4, -0.2) is 40.3 Å². The summed E-state index contributed by atoms with van der Waals surface area (Å²) in [5, 5.41) is 11.1. The van der Waals surface area contributed by atoms with Crippen LogP contribution in [0, 0.1) is 26.7 Å². The average molecular weight is 375 g/mol. The van der Waals surface area contributed by atoms with Gasteiger partial charge in [-0.1, -0.05) is 0 Å². The number of thiazole rings is 1. The Bertz CT molecular complexity index is 880. The lowest BCUT2D eigenvalue weighted by Gasteiger charge is -2.08. The Morgan fingerprint density at radius 1 is 1.35 bits per heavy atom. The molecule has 1 saturated heterocycles. The molecule has 0 aliphatic carbocycles. The van der Waals surface area contributed by atoms with Gasteiger partial charge in [0.15, 0.2) is 0 Å². The second-order valence-corrected chi connectivity index (χ2v) is 7.85. The maximum Gasteiger partial charge on any atom is 0.277 e. The van der Waals surface area contributed by atoms with E-state index < -0.39 is 0 Å². The Kier molecular flexibility index (Phi) is 5.52. The van der Waals surface area contributed by atoms with Crippen LogP contribution in [0.5, 0.6) is 0 Å². The first-order chi connectivity index (χ1) is 12.4. The van der Waals surface area contributed by atoms with Crippen molar-refractivity contribution >= 4 is 17.2 Å². The number of carbonyl (C=O) groups excluding carboxylic acids is 1. The molecular formula is C18H25N5O2S. The third-order valence-electron chi connectivity index (χ3n) is 4.94. The van der Waals surface area contributed by atoms with Gasteiger partial charge in [-0.25, -0.2) is 9.67 Å². The molecular weight excluding hydrogens is 350 g/mol. The summed E-state index contributed by atoms with van der Waals surface area (Å²) in [5.41, 5.74) is 2.58. The third-order valence-corrected chi connectivity index (χ3v) is 6.12. The van der Waals surface area contributed by atoms with Gasteiger partial charge in [0, 0.05) is 13.6 Å². The summed E-state index contributed by atoms with van der Waals surface area (Å²) in [6.45, 7) is 8.30. The molecule has 0 radical (unpaired) electrons. The summed E-state index contributed by atoms with van der Waals surface area (Å²) in [6.07, 6.45) is 2.15. The maximum atomic E-state index is 12.5. The Morgan fingerprint density at radius 2 is 2.12 bits per heavy atom. The molecule has 2 N–H and O–H groups in total. The number of carbonyl (C=O) groups is 1. The molecule has 1 fully saturated rings. The molecule has 0 bridgehead atoms. The zero-order chi connectivity index (χ0) is 18.8. The molecule has 1 aliphatic rings. The van der Waals surface area contributed by atoms with E-state index in [1.54, 1.807) is 7.05 Å². The Hall–Kier alpha value is -2.06. The van der Waals surface area contributed by atoms with Crippen LogP contribution in [0.1, 0.15) is 39.5 Å². The first-order valence-corrected chi connectivity index (χ1v) is 9.71. The van der Waals surface area contributed by atoms with Crippen LogP contribution in [-0.2, 0) is 7.05 Å². The Balaban J connectivity index is 1.79. The zero-order valence-corrected chi connectivity index (χ0v) is 16.5. The van der Waals surface area contributed by atoms with Gasteiger partial charge >= 0.3 is 0 Å². The van der Waals surface area contributed by atoms with Crippen molar-refractivity contribution in [1.82, 2.24) is 25.4 Å². The van der Waals surface area contributed by atoms with E-state index in [1.807, 2.05) is 20.8 Å². The predicted molar refractivity (Wildman–Crippen MR) is 103 cm³/mol. The number of hydrogen-bond acceptors (Lipinski definition) is 6. The number of nitrogens with one attached hydrogen (secondary N) is 2. The minimum absolute atomic E-state index is 0.113. The fourth-order valence-corrected chi connectivity index (χ4v) is 4.32. The molecule has 0 saturated carbocycles. The fraction of sp³-hybridized carbons (Fsp3) is 0.556. The van der Waals surface area contributed by atoms with Crippen LogP contribution >= 0.6 is 11.3 Å². The largest absolute Gasteiger partial charge is 0.351 e. The molecule has 0 aromatic carbocycles. The van der Waals surface area contributed by atoms with Crippen LogP contribution in [0.25, 0.3) is 10.6 Å². The van der Waals surface area contributed by atoms with Crippen molar-refractivity contribution in [2.45, 2.75) is 33.6 Å². The van der Waals surface area contributed by atoms with Gasteiger partial charge in [0.05, 0.1) is 17.0 Å². The van der Waals surface area contributed by atoms with E-state index in [1.165, 1.54) is 22.4 Å². The van der Waals surface area contributed by atoms with Crippen molar-refractivity contribution in [3.63, 3.8) is 0 Å². The highest BCUT2D eigenvalue weighted by molar-refractivity contribution is 7.17. The summed E-state index contributed by atoms with van der Waals surface area (Å²) < 4.78 is 1.32. The van der Waals surface area contributed by atoms with Gasteiger partial charge < -0.3 is 10.6 Å². The molecule has 2 aromatic rings. The summed E-state index contributed by atoms with van der Waals surface area (Å²) in [5.74, 6) is 0.524. The molecule has 1 aliphatic heterocycles. The van der Waals surface area contributed by atoms with E-state index in [0.29, 0.717) is 33.6 Å². The van der Waals surface area contributed by atoms with Crippen molar-refractivity contribution in [3.8, 4) is 10.6 Å². The van der Waals surface area contributed by atoms with E-state index in [0.717, 1.165) is 30.8 Å². The molecule has 26 heavy (non-hydrogen) atoms. The molecule has 1 amide bonds. The van der Waals surface area contributed by atoms with Gasteiger partial charge in [0.25, 0.3) is 11.5 Å². The molecule has 0 spiro atoms. The van der Waals surface area contributed by atoms with E-state index in [4.69, 9.17) is 0 Å². The van der Waals surface area contributed by atoms with Crippen LogP contribution in [0.3, 0.4) is 0 Å². The van der Waals surface area contributed by atoms with E-state index in [2.05, 4.69) is 20.7 Å². The lowest BCUT2D eigenvalue weighted by molar-refractivity contribution is 0.0955. The molecule has 1 atom stereocenters. The van der Waals surface area contributed by atoms with Gasteiger partial charge in [-0.15, -0.1) is 11.3 Å². The fourth-order valence-electron chi connectivity index (χ4n) is 3.25. The van der Waals surface area contributed by atoms with Crippen molar-refractivity contribution < 1.29 is 4.79 Å². The van der Waals surface area contributed by atoms with Crippen LogP contribution in [0.2, 0.25) is 0 Å². The van der Waals surface area contributed by atoms with Gasteiger partial charge in [-0.2, -0.15) is 5.10 Å². The van der Waals surface area contributed by atoms with Crippen molar-refractivity contribution in [3.05, 3.63) is 32.2 Å². The van der Waals surface area contributed by atoms with Crippen molar-refractivity contribution in [2.24, 2.45) is 13.0 Å². The van der Waals surface area contributed by atoms with E-state index >= 15 is 0 Å². The topological polar surface area (TPSA) is 88.9 Å². The first kappa shape index (κ1) is 18.7. The summed E-state index contributed by atoms with van der Waals surface area (Å²) in [4.78, 5) is 30.1. The minimum Gasteiger partial charge on any atom is -0.351 e. The number of aromatic nitrogens is 3. The molecule has 8 heteroatoms. The highest BCUT2D eigenvalue weighted by Gasteiger charge is 2.21. The van der Waals surface area contributed by atoms with Gasteiger partial charge in [-0.05, 0) is 58.2 Å². The zero-order valence-electron chi connectivity index (χ0n) is 15.7. The second kappa shape index (κ2) is 7.67. The highest BCUT2D eigenvalue weighted by Crippen LogP contribution is 2.28. The number of rotatable bonds is 5. The van der Waals surface area contributed by atoms with E-state index in [-0.39, 0.29) is 11.5 Å². The Labute approximate surface area is 156 Å². The summed E-state index contributed by atoms with van der Waals surface area (Å²) in [6, 6.07) is 0. The maximum absolute atomic E-state index is 12.5. The lowest BCUT2D eigenvalue weighted by atomic mass is 10.1. The minimum atomic E-state index is -0.192. The van der Waals surface area contributed by atoms with Crippen LogP contribution in [0.4, 0.5) is 0 Å². The quantitative estimate of drug-likeness (QED) is 0.828. The molecule has 7 nitrogen and oxygen atoms in total. The van der Waals surface area contributed by atoms with E-state index in [9.17, 15) is 9.59 Å². The number of nitrogens with zero attached hydrogens (tertiary/aromatic N) is 3. The monoisotopic (exact) mass is 375 g/mol. The SMILES string of the molecule is Cc1nc(-c2c(C)c(C)nn(C)c2=O)sc1C(=O)NCCC1CCNC1. The second-order valence-electron chi connectivity index (χ2n) is 6.85. The van der Waals surface area contributed by atoms with Gasteiger partial charge in [0.2, 0.25) is 0 Å². The lowest BCUT2D eigenvalue weighted by Crippen LogP contribution is -2.26. The number of hydrogen-bond donors (Lipinski definition) is 2. The predicted octanol–water partition coefficient (Wildman–Crippen LogP) is 1.56. The van der Waals surface area contributed by atoms with Crippen LogP contribution in [0.15, 0.2) is 4.79 Å². The summed E-state index contributed by atoms with van der Waals surface area (Å²) >= 11 is 1.27. The molecule has 1 unspecified atom stereocenters. The first-order valence-electron chi connectivity index (χ1n) is 8.89. The highest BCUT2D eigenvalue weighted by atomic mass is 32.1. The van der Waals surface area contributed by atoms with Gasteiger partial charge in [0.1, 0.15) is 9.88 Å². The van der Waals surface area contributed by atoms with Crippen molar-refractivity contribution in [2.75, 3.05) is 19.6 Å². The standard InChI is InChI=1S/C18H25N5O2S/c1-10-11(2)22-23(4)18(25)14(10)17-21-12(3)15(26-17)16(24)20-8-6-13-5-7-19-9-13/h13,19H,5-9H2,1-4H3,(H,20,24). The Morgan fingerprint density at radius 3 is 2.81 bits per heavy atom. The smallest absolute Gasteiger partial charge is 0.277 e. The summed E-state index contributed by atoms with van der Waals surface area (Å²) in [7, 11) is 1.63. The number of amides is 1. The molecule has 140 valence electrons. The van der Waals surface area contributed by atoms with Crippen LogP contribution < -0.4 is 16.2 Å². The molecule has 3 heterocycles. The van der Waals surface area contributed by atoms with Gasteiger partial charge in [-0.3, -0.25) is 9.59 Å². The molecule has 2 aromatic heterocycles.